The number of Topliss-reactive ketones (excluding diaryl/α,β-unsaturated/α-hetero) is 1. The fourth-order valence-corrected chi connectivity index (χ4v) is 3.53. The van der Waals surface area contributed by atoms with Gasteiger partial charge >= 0.3 is 0 Å². The average Bonchev–Trinajstić information content (AvgIpc) is 2.97. The van der Waals surface area contributed by atoms with Gasteiger partial charge in [-0.15, -0.1) is 0 Å². The van der Waals surface area contributed by atoms with Gasteiger partial charge in [0.25, 0.3) is 5.95 Å². The minimum atomic E-state index is -0.700. The molecule has 1 unspecified atom stereocenters. The molecule has 1 atom stereocenters. The summed E-state index contributed by atoms with van der Waals surface area (Å²) in [5.41, 5.74) is 3.13. The summed E-state index contributed by atoms with van der Waals surface area (Å²) in [5.74, 6) is -0.932. The van der Waals surface area contributed by atoms with Gasteiger partial charge in [0.05, 0.1) is 11.6 Å². The van der Waals surface area contributed by atoms with Gasteiger partial charge in [-0.3, -0.25) is 9.59 Å². The number of hydrogen-bond acceptors (Lipinski definition) is 5. The molecule has 3 heterocycles. The van der Waals surface area contributed by atoms with Crippen molar-refractivity contribution < 1.29 is 14.0 Å². The first kappa shape index (κ1) is 18.0. The minimum absolute atomic E-state index is 0.00342. The van der Waals surface area contributed by atoms with E-state index in [-0.39, 0.29) is 18.1 Å². The van der Waals surface area contributed by atoms with E-state index in [1.165, 1.54) is 28.9 Å². The Morgan fingerprint density at radius 1 is 1.14 bits per heavy atom. The van der Waals surface area contributed by atoms with E-state index in [1.807, 2.05) is 19.9 Å². The van der Waals surface area contributed by atoms with Gasteiger partial charge in [-0.2, -0.15) is 9.78 Å². The number of aryl methyl sites for hydroxylation is 3. The van der Waals surface area contributed by atoms with Gasteiger partial charge in [-0.1, -0.05) is 0 Å². The number of nitrogens with one attached hydrogen (secondary N) is 1. The van der Waals surface area contributed by atoms with Crippen molar-refractivity contribution in [1.82, 2.24) is 19.7 Å². The number of fused-ring (bicyclic) bond motifs is 1. The zero-order valence-electron chi connectivity index (χ0n) is 15.7. The number of benzene rings is 1. The van der Waals surface area contributed by atoms with E-state index >= 15 is 0 Å². The summed E-state index contributed by atoms with van der Waals surface area (Å²) >= 11 is 0. The molecular formula is C20H18FN5O2. The molecule has 0 saturated heterocycles. The molecule has 0 radical (unpaired) electrons. The van der Waals surface area contributed by atoms with Crippen LogP contribution >= 0.6 is 0 Å². The van der Waals surface area contributed by atoms with Crippen molar-refractivity contribution in [3.05, 3.63) is 64.4 Å². The van der Waals surface area contributed by atoms with Gasteiger partial charge in [0, 0.05) is 28.9 Å². The van der Waals surface area contributed by atoms with Crippen molar-refractivity contribution in [2.75, 3.05) is 5.32 Å². The third kappa shape index (κ3) is 3.06. The van der Waals surface area contributed by atoms with Crippen LogP contribution in [0.5, 0.6) is 0 Å². The van der Waals surface area contributed by atoms with Crippen molar-refractivity contribution in [2.24, 2.45) is 0 Å². The summed E-state index contributed by atoms with van der Waals surface area (Å²) < 4.78 is 14.7. The Balaban J connectivity index is 1.83. The number of rotatable bonds is 3. The van der Waals surface area contributed by atoms with Crippen molar-refractivity contribution in [3.8, 4) is 5.95 Å². The first-order chi connectivity index (χ1) is 13.3. The largest absolute Gasteiger partial charge is 0.310 e. The highest BCUT2D eigenvalue weighted by atomic mass is 19.1. The second kappa shape index (κ2) is 6.63. The SMILES string of the molecule is Cc1cc(C)nc(-n2nc(C)c3c2NC(=O)CC3C(=O)c2ccc(F)cc2)n1. The first-order valence-corrected chi connectivity index (χ1v) is 8.85. The monoisotopic (exact) mass is 379 g/mol. The van der Waals surface area contributed by atoms with Crippen molar-refractivity contribution in [2.45, 2.75) is 33.1 Å². The average molecular weight is 379 g/mol. The normalized spacial score (nSPS) is 15.9. The molecule has 0 saturated carbocycles. The summed E-state index contributed by atoms with van der Waals surface area (Å²) in [6, 6.07) is 7.16. The van der Waals surface area contributed by atoms with Crippen LogP contribution in [0.4, 0.5) is 10.2 Å². The zero-order valence-corrected chi connectivity index (χ0v) is 15.7. The lowest BCUT2D eigenvalue weighted by Crippen LogP contribution is -2.28. The number of anilines is 1. The smallest absolute Gasteiger partial charge is 0.252 e. The molecule has 1 amide bonds. The number of nitrogens with zero attached hydrogens (tertiary/aromatic N) is 4. The van der Waals surface area contributed by atoms with Gasteiger partial charge in [-0.25, -0.2) is 14.4 Å². The zero-order chi connectivity index (χ0) is 20.0. The quantitative estimate of drug-likeness (QED) is 0.707. The molecule has 1 aliphatic rings. The lowest BCUT2D eigenvalue weighted by atomic mass is 9.85. The first-order valence-electron chi connectivity index (χ1n) is 8.85. The molecule has 8 heteroatoms. The fraction of sp³-hybridized carbons (Fsp3) is 0.250. The fourth-order valence-electron chi connectivity index (χ4n) is 3.53. The number of carbonyl (C=O) groups excluding carboxylic acids is 2. The van der Waals surface area contributed by atoms with E-state index in [2.05, 4.69) is 20.4 Å². The van der Waals surface area contributed by atoms with Crippen LogP contribution in [0.2, 0.25) is 0 Å². The van der Waals surface area contributed by atoms with Crippen molar-refractivity contribution in [3.63, 3.8) is 0 Å². The molecule has 4 rings (SSSR count). The van der Waals surface area contributed by atoms with Gasteiger partial charge in [0.1, 0.15) is 11.6 Å². The van der Waals surface area contributed by atoms with Crippen LogP contribution in [0, 0.1) is 26.6 Å². The van der Waals surface area contributed by atoms with E-state index in [1.54, 1.807) is 6.92 Å². The van der Waals surface area contributed by atoms with Crippen LogP contribution < -0.4 is 5.32 Å². The topological polar surface area (TPSA) is 89.8 Å². The predicted octanol–water partition coefficient (Wildman–Crippen LogP) is 3.04. The molecular weight excluding hydrogens is 361 g/mol. The highest BCUT2D eigenvalue weighted by molar-refractivity contribution is 6.07. The molecule has 142 valence electrons. The number of aromatic nitrogens is 4. The highest BCUT2D eigenvalue weighted by Crippen LogP contribution is 2.37. The van der Waals surface area contributed by atoms with E-state index < -0.39 is 11.7 Å². The van der Waals surface area contributed by atoms with Crippen LogP contribution in [0.1, 0.15) is 45.3 Å². The van der Waals surface area contributed by atoms with Crippen LogP contribution in [0.3, 0.4) is 0 Å². The van der Waals surface area contributed by atoms with Crippen molar-refractivity contribution in [1.29, 1.82) is 0 Å². The van der Waals surface area contributed by atoms with Crippen LogP contribution in [-0.4, -0.2) is 31.4 Å². The third-order valence-corrected chi connectivity index (χ3v) is 4.71. The maximum atomic E-state index is 13.2. The predicted molar refractivity (Wildman–Crippen MR) is 100 cm³/mol. The van der Waals surface area contributed by atoms with Gasteiger partial charge < -0.3 is 5.32 Å². The third-order valence-electron chi connectivity index (χ3n) is 4.71. The maximum Gasteiger partial charge on any atom is 0.252 e. The van der Waals surface area contributed by atoms with E-state index in [0.29, 0.717) is 28.6 Å². The van der Waals surface area contributed by atoms with Crippen LogP contribution in [-0.2, 0) is 4.79 Å². The molecule has 1 aromatic carbocycles. The molecule has 3 aromatic rings. The number of ketones is 1. The molecule has 1 N–H and O–H groups in total. The standard InChI is InChI=1S/C20H18FN5O2/c1-10-8-11(2)23-20(22-10)26-19-17(12(3)25-26)15(9-16(27)24-19)18(28)13-4-6-14(21)7-5-13/h4-8,15H,9H2,1-3H3,(H,24,27). The highest BCUT2D eigenvalue weighted by Gasteiger charge is 2.36. The summed E-state index contributed by atoms with van der Waals surface area (Å²) in [7, 11) is 0. The van der Waals surface area contributed by atoms with E-state index in [4.69, 9.17) is 0 Å². The Morgan fingerprint density at radius 2 is 1.79 bits per heavy atom. The van der Waals surface area contributed by atoms with Crippen LogP contribution in [0.25, 0.3) is 5.95 Å². The number of amides is 1. The lowest BCUT2D eigenvalue weighted by molar-refractivity contribution is -0.116. The summed E-state index contributed by atoms with van der Waals surface area (Å²) in [4.78, 5) is 34.2. The molecule has 2 aromatic heterocycles. The molecule has 0 bridgehead atoms. The maximum absolute atomic E-state index is 13.2. The molecule has 0 fully saturated rings. The number of hydrogen-bond donors (Lipinski definition) is 1. The Hall–Kier alpha value is -3.42. The van der Waals surface area contributed by atoms with Gasteiger partial charge in [-0.05, 0) is 51.1 Å². The second-order valence-corrected chi connectivity index (χ2v) is 6.89. The molecule has 0 spiro atoms. The minimum Gasteiger partial charge on any atom is -0.310 e. The Morgan fingerprint density at radius 3 is 2.43 bits per heavy atom. The summed E-state index contributed by atoms with van der Waals surface area (Å²) in [6.07, 6.45) is 0.00342. The second-order valence-electron chi connectivity index (χ2n) is 6.89. The Labute approximate surface area is 160 Å². The van der Waals surface area contributed by atoms with Gasteiger partial charge in [0.15, 0.2) is 5.78 Å². The number of carbonyl (C=O) groups is 2. The molecule has 28 heavy (non-hydrogen) atoms. The Bertz CT molecular complexity index is 1080. The summed E-state index contributed by atoms with van der Waals surface area (Å²) in [5, 5.41) is 7.29. The molecule has 0 aliphatic carbocycles. The molecule has 1 aliphatic heterocycles. The number of halogens is 1. The van der Waals surface area contributed by atoms with E-state index in [9.17, 15) is 14.0 Å². The van der Waals surface area contributed by atoms with Crippen molar-refractivity contribution >= 4 is 17.5 Å². The Kier molecular flexibility index (Phi) is 4.26. The van der Waals surface area contributed by atoms with Gasteiger partial charge in [0.2, 0.25) is 5.91 Å². The lowest BCUT2D eigenvalue weighted by Gasteiger charge is -2.23. The summed E-state index contributed by atoms with van der Waals surface area (Å²) in [6.45, 7) is 5.47. The molecule has 7 nitrogen and oxygen atoms in total. The van der Waals surface area contributed by atoms with Crippen LogP contribution in [0.15, 0.2) is 30.3 Å². The van der Waals surface area contributed by atoms with E-state index in [0.717, 1.165) is 11.4 Å².